The van der Waals surface area contributed by atoms with Crippen molar-refractivity contribution in [1.29, 1.82) is 0 Å². The lowest BCUT2D eigenvalue weighted by Gasteiger charge is -1.97. The minimum Gasteiger partial charge on any atom is -0.267 e. The van der Waals surface area contributed by atoms with Gasteiger partial charge in [-0.25, -0.2) is 4.98 Å². The van der Waals surface area contributed by atoms with Crippen molar-refractivity contribution in [3.8, 4) is 10.6 Å². The molecule has 4 aromatic rings. The van der Waals surface area contributed by atoms with Crippen LogP contribution in [0, 0.1) is 0 Å². The molecular formula is C18H10Cl2N4OS. The van der Waals surface area contributed by atoms with Crippen molar-refractivity contribution in [2.45, 2.75) is 0 Å². The Morgan fingerprint density at radius 3 is 2.73 bits per heavy atom. The number of halogens is 2. The summed E-state index contributed by atoms with van der Waals surface area (Å²) in [5.41, 5.74) is 2.02. The summed E-state index contributed by atoms with van der Waals surface area (Å²) in [5.74, 6) is 0. The first-order chi connectivity index (χ1) is 12.6. The molecule has 26 heavy (non-hydrogen) atoms. The van der Waals surface area contributed by atoms with E-state index >= 15 is 0 Å². The lowest BCUT2D eigenvalue weighted by molar-refractivity contribution is 0.901. The number of hydrogen-bond acceptors (Lipinski definition) is 5. The Morgan fingerprint density at radius 1 is 1.08 bits per heavy atom. The van der Waals surface area contributed by atoms with Gasteiger partial charge in [0, 0.05) is 24.0 Å². The van der Waals surface area contributed by atoms with Crippen LogP contribution >= 0.6 is 34.5 Å². The molecule has 0 saturated carbocycles. The second-order valence-electron chi connectivity index (χ2n) is 5.37. The van der Waals surface area contributed by atoms with Crippen molar-refractivity contribution in [2.75, 3.05) is 0 Å². The van der Waals surface area contributed by atoms with Crippen LogP contribution in [0.4, 0.5) is 0 Å². The maximum Gasteiger partial charge on any atom is 0.275 e. The van der Waals surface area contributed by atoms with Gasteiger partial charge in [-0.05, 0) is 29.8 Å². The van der Waals surface area contributed by atoms with Gasteiger partial charge in [0.05, 0.1) is 15.7 Å². The van der Waals surface area contributed by atoms with Crippen LogP contribution in [-0.2, 0) is 0 Å². The number of fused-ring (bicyclic) bond motifs is 1. The summed E-state index contributed by atoms with van der Waals surface area (Å²) in [7, 11) is 0. The third-order valence-corrected chi connectivity index (χ3v) is 5.26. The van der Waals surface area contributed by atoms with Crippen molar-refractivity contribution >= 4 is 51.7 Å². The number of hydrogen-bond donors (Lipinski definition) is 0. The smallest absolute Gasteiger partial charge is 0.267 e. The largest absolute Gasteiger partial charge is 0.275 e. The molecule has 0 radical (unpaired) electrons. The first kappa shape index (κ1) is 16.9. The van der Waals surface area contributed by atoms with Crippen LogP contribution in [0.2, 0.25) is 10.0 Å². The Kier molecular flexibility index (Phi) is 4.55. The predicted octanol–water partition coefficient (Wildman–Crippen LogP) is 4.69. The molecule has 0 amide bonds. The first-order valence-electron chi connectivity index (χ1n) is 7.54. The monoisotopic (exact) mass is 400 g/mol. The van der Waals surface area contributed by atoms with Crippen molar-refractivity contribution < 1.29 is 0 Å². The summed E-state index contributed by atoms with van der Waals surface area (Å²) >= 11 is 13.3. The van der Waals surface area contributed by atoms with Gasteiger partial charge in [-0.3, -0.25) is 9.78 Å². The average Bonchev–Trinajstić information content (AvgIpc) is 3.08. The molecule has 0 atom stereocenters. The Balaban J connectivity index is 1.74. The summed E-state index contributed by atoms with van der Waals surface area (Å²) in [4.78, 5) is 21.4. The molecule has 0 fully saturated rings. The summed E-state index contributed by atoms with van der Waals surface area (Å²) in [6.07, 6.45) is 7.07. The molecule has 8 heteroatoms. The molecule has 3 heterocycles. The van der Waals surface area contributed by atoms with Crippen LogP contribution in [-0.4, -0.2) is 19.6 Å². The van der Waals surface area contributed by atoms with Crippen molar-refractivity contribution in [1.82, 2.24) is 19.6 Å². The maximum atomic E-state index is 12.4. The van der Waals surface area contributed by atoms with Gasteiger partial charge in [0.2, 0.25) is 4.96 Å². The van der Waals surface area contributed by atoms with E-state index in [1.54, 1.807) is 36.7 Å². The fourth-order valence-electron chi connectivity index (χ4n) is 2.32. The van der Waals surface area contributed by atoms with E-state index < -0.39 is 0 Å². The van der Waals surface area contributed by atoms with E-state index in [-0.39, 0.29) is 5.56 Å². The van der Waals surface area contributed by atoms with E-state index in [4.69, 9.17) is 23.2 Å². The van der Waals surface area contributed by atoms with E-state index in [0.717, 1.165) is 11.1 Å². The SMILES string of the molecule is O=c1cc(C=Cc2cccnc2)nc2sc(-c3ccc(Cl)c(Cl)c3)nn12. The molecule has 0 saturated heterocycles. The molecule has 0 aliphatic rings. The zero-order valence-corrected chi connectivity index (χ0v) is 15.5. The highest BCUT2D eigenvalue weighted by Crippen LogP contribution is 2.30. The molecule has 0 aliphatic carbocycles. The molecule has 0 spiro atoms. The highest BCUT2D eigenvalue weighted by atomic mass is 35.5. The lowest BCUT2D eigenvalue weighted by Crippen LogP contribution is -2.14. The predicted molar refractivity (Wildman–Crippen MR) is 106 cm³/mol. The Labute approximate surface area is 162 Å². The van der Waals surface area contributed by atoms with Gasteiger partial charge in [0.15, 0.2) is 0 Å². The van der Waals surface area contributed by atoms with Gasteiger partial charge >= 0.3 is 0 Å². The van der Waals surface area contributed by atoms with Gasteiger partial charge in [-0.1, -0.05) is 52.7 Å². The Hall–Kier alpha value is -2.54. The molecule has 3 aromatic heterocycles. The normalized spacial score (nSPS) is 11.5. The van der Waals surface area contributed by atoms with Crippen molar-refractivity contribution in [2.24, 2.45) is 0 Å². The van der Waals surface area contributed by atoms with Crippen LogP contribution in [0.15, 0.2) is 53.6 Å². The second kappa shape index (κ2) is 6.99. The number of pyridine rings is 1. The number of aromatic nitrogens is 4. The third kappa shape index (κ3) is 3.39. The second-order valence-corrected chi connectivity index (χ2v) is 7.14. The van der Waals surface area contributed by atoms with Crippen LogP contribution in [0.1, 0.15) is 11.3 Å². The molecule has 0 bridgehead atoms. The zero-order chi connectivity index (χ0) is 18.1. The molecule has 0 N–H and O–H groups in total. The number of benzene rings is 1. The van der Waals surface area contributed by atoms with Crippen LogP contribution in [0.25, 0.3) is 27.7 Å². The maximum absolute atomic E-state index is 12.4. The quantitative estimate of drug-likeness (QED) is 0.500. The Morgan fingerprint density at radius 2 is 1.96 bits per heavy atom. The van der Waals surface area contributed by atoms with Crippen LogP contribution < -0.4 is 5.56 Å². The Bertz CT molecular complexity index is 1180. The van der Waals surface area contributed by atoms with E-state index in [9.17, 15) is 4.79 Å². The van der Waals surface area contributed by atoms with Crippen LogP contribution in [0.3, 0.4) is 0 Å². The van der Waals surface area contributed by atoms with Gasteiger partial charge in [-0.15, -0.1) is 0 Å². The van der Waals surface area contributed by atoms with E-state index in [1.807, 2.05) is 18.2 Å². The minimum absolute atomic E-state index is 0.247. The first-order valence-corrected chi connectivity index (χ1v) is 9.12. The fraction of sp³-hybridized carbons (Fsp3) is 0. The molecule has 5 nitrogen and oxygen atoms in total. The lowest BCUT2D eigenvalue weighted by atomic mass is 10.2. The summed E-state index contributed by atoms with van der Waals surface area (Å²) < 4.78 is 1.28. The zero-order valence-electron chi connectivity index (χ0n) is 13.1. The molecule has 0 unspecified atom stereocenters. The third-order valence-electron chi connectivity index (χ3n) is 3.56. The minimum atomic E-state index is -0.247. The standard InChI is InChI=1S/C18H10Cl2N4OS/c19-14-6-4-12(8-15(14)20)17-23-24-16(25)9-13(22-18(24)26-17)5-3-11-2-1-7-21-10-11/h1-10H. The van der Waals surface area contributed by atoms with Crippen LogP contribution in [0.5, 0.6) is 0 Å². The highest BCUT2D eigenvalue weighted by molar-refractivity contribution is 7.19. The van der Waals surface area contributed by atoms with Gasteiger partial charge in [0.1, 0.15) is 5.01 Å². The molecule has 128 valence electrons. The fourth-order valence-corrected chi connectivity index (χ4v) is 3.52. The molecule has 0 aliphatic heterocycles. The highest BCUT2D eigenvalue weighted by Gasteiger charge is 2.11. The van der Waals surface area contributed by atoms with Gasteiger partial charge in [-0.2, -0.15) is 9.61 Å². The van der Waals surface area contributed by atoms with E-state index in [1.165, 1.54) is 21.9 Å². The van der Waals surface area contributed by atoms with E-state index in [2.05, 4.69) is 15.1 Å². The van der Waals surface area contributed by atoms with Crippen molar-refractivity contribution in [3.05, 3.63) is 80.4 Å². The molecule has 1 aromatic carbocycles. The molecule has 4 rings (SSSR count). The summed E-state index contributed by atoms with van der Waals surface area (Å²) in [6, 6.07) is 10.4. The molecular weight excluding hydrogens is 391 g/mol. The van der Waals surface area contributed by atoms with Gasteiger partial charge in [0.25, 0.3) is 5.56 Å². The number of nitrogens with zero attached hydrogens (tertiary/aromatic N) is 4. The van der Waals surface area contributed by atoms with E-state index in [0.29, 0.717) is 25.7 Å². The number of rotatable bonds is 3. The topological polar surface area (TPSA) is 60.2 Å². The summed E-state index contributed by atoms with van der Waals surface area (Å²) in [6.45, 7) is 0. The van der Waals surface area contributed by atoms with Crippen molar-refractivity contribution in [3.63, 3.8) is 0 Å². The average molecular weight is 401 g/mol. The van der Waals surface area contributed by atoms with Gasteiger partial charge < -0.3 is 0 Å². The summed E-state index contributed by atoms with van der Waals surface area (Å²) in [5, 5.41) is 5.88.